The molecule has 1 aromatic heterocycles. The maximum Gasteiger partial charge on any atom is 0.331 e. The van der Waals surface area contributed by atoms with E-state index in [9.17, 15) is 43.2 Å². The van der Waals surface area contributed by atoms with Gasteiger partial charge in [-0.15, -0.1) is 0 Å². The Morgan fingerprint density at radius 1 is 0.521 bits per heavy atom. The average Bonchev–Trinajstić information content (AvgIpc) is 3.29. The predicted molar refractivity (Wildman–Crippen MR) is 245 cm³/mol. The summed E-state index contributed by atoms with van der Waals surface area (Å²) in [5.74, 6) is -6.03. The van der Waals surface area contributed by atoms with E-state index in [4.69, 9.17) is 51.8 Å². The molecule has 1 fully saturated rings. The first kappa shape index (κ1) is 51.5. The fourth-order valence-electron chi connectivity index (χ4n) is 6.89. The van der Waals surface area contributed by atoms with Crippen molar-refractivity contribution in [3.63, 3.8) is 0 Å². The third-order valence-corrected chi connectivity index (χ3v) is 9.62. The highest BCUT2D eigenvalue weighted by molar-refractivity contribution is 5.90. The van der Waals surface area contributed by atoms with E-state index in [0.717, 1.165) is 45.1 Å². The van der Waals surface area contributed by atoms with Crippen LogP contribution in [0.25, 0.3) is 34.4 Å². The van der Waals surface area contributed by atoms with E-state index < -0.39 is 90.5 Å². The third kappa shape index (κ3) is 14.8. The molecule has 1 saturated heterocycles. The molecule has 0 radical (unpaired) electrons. The molecule has 4 aromatic carbocycles. The fourth-order valence-corrected chi connectivity index (χ4v) is 6.89. The van der Waals surface area contributed by atoms with Crippen LogP contribution in [0.15, 0.2) is 112 Å². The Morgan fingerprint density at radius 3 is 1.52 bits per heavy atom. The number of hydrogen-bond donors (Lipinski definition) is 0. The first-order valence-corrected chi connectivity index (χ1v) is 21.4. The normalized spacial score (nSPS) is 17.4. The van der Waals surface area contributed by atoms with E-state index in [1.807, 2.05) is 0 Å². The Labute approximate surface area is 403 Å². The zero-order valence-electron chi connectivity index (χ0n) is 38.7. The van der Waals surface area contributed by atoms with Crippen molar-refractivity contribution in [2.75, 3.05) is 6.61 Å². The molecule has 20 heteroatoms. The lowest BCUT2D eigenvalue weighted by Crippen LogP contribution is -2.63. The van der Waals surface area contributed by atoms with Crippen molar-refractivity contribution in [2.45, 2.75) is 72.2 Å². The first-order valence-electron chi connectivity index (χ1n) is 21.4. The van der Waals surface area contributed by atoms with Crippen LogP contribution in [0.5, 0.6) is 28.7 Å². The summed E-state index contributed by atoms with van der Waals surface area (Å²) < 4.78 is 61.9. The molecule has 0 N–H and O–H groups in total. The first-order chi connectivity index (χ1) is 33.8. The molecule has 5 aromatic rings. The lowest BCUT2D eigenvalue weighted by Gasteiger charge is -2.43. The van der Waals surface area contributed by atoms with Crippen molar-refractivity contribution in [1.29, 1.82) is 0 Å². The van der Waals surface area contributed by atoms with Crippen LogP contribution in [0.2, 0.25) is 0 Å². The minimum absolute atomic E-state index is 0.0361. The van der Waals surface area contributed by atoms with Gasteiger partial charge in [0.25, 0.3) is 0 Å². The lowest BCUT2D eigenvalue weighted by molar-refractivity contribution is -0.288. The summed E-state index contributed by atoms with van der Waals surface area (Å²) in [7, 11) is 0. The van der Waals surface area contributed by atoms with Crippen LogP contribution in [-0.4, -0.2) is 85.1 Å². The van der Waals surface area contributed by atoms with Gasteiger partial charge in [-0.2, -0.15) is 0 Å². The molecule has 20 nitrogen and oxygen atoms in total. The number of carbonyl (C=O) groups excluding carboxylic acids is 8. The van der Waals surface area contributed by atoms with E-state index in [1.165, 1.54) is 87.5 Å². The molecule has 1 aliphatic rings. The van der Waals surface area contributed by atoms with Crippen molar-refractivity contribution < 1.29 is 90.1 Å². The second-order valence-corrected chi connectivity index (χ2v) is 15.3. The van der Waals surface area contributed by atoms with E-state index in [1.54, 1.807) is 24.3 Å². The highest BCUT2D eigenvalue weighted by Gasteiger charge is 2.53. The highest BCUT2D eigenvalue weighted by atomic mass is 16.7. The number of carbonyl (C=O) groups is 8. The number of fused-ring (bicyclic) bond motifs is 1. The molecule has 0 bridgehead atoms. The minimum atomic E-state index is -1.82. The smallest absolute Gasteiger partial charge is 0.331 e. The molecule has 5 atom stereocenters. The van der Waals surface area contributed by atoms with Gasteiger partial charge in [-0.3, -0.25) is 33.6 Å². The van der Waals surface area contributed by atoms with Crippen molar-refractivity contribution >= 4 is 70.9 Å². The molecule has 1 aliphatic heterocycles. The molecule has 0 saturated carbocycles. The van der Waals surface area contributed by atoms with E-state index >= 15 is 0 Å². The average molecular weight is 977 g/mol. The van der Waals surface area contributed by atoms with Gasteiger partial charge in [-0.25, -0.2) is 9.59 Å². The van der Waals surface area contributed by atoms with Crippen LogP contribution in [-0.2, 0) is 62.0 Å². The van der Waals surface area contributed by atoms with Crippen LogP contribution < -0.4 is 29.1 Å². The topological polar surface area (TPSA) is 259 Å². The van der Waals surface area contributed by atoms with Crippen LogP contribution in [0.4, 0.5) is 0 Å². The molecular formula is C51H44O20. The Hall–Kier alpha value is -8.91. The summed E-state index contributed by atoms with van der Waals surface area (Å²) in [4.78, 5) is 112. The van der Waals surface area contributed by atoms with Gasteiger partial charge in [-0.1, -0.05) is 24.3 Å². The van der Waals surface area contributed by atoms with Gasteiger partial charge in [0.2, 0.25) is 12.4 Å². The predicted octanol–water partition coefficient (Wildman–Crippen LogP) is 6.01. The van der Waals surface area contributed by atoms with Crippen molar-refractivity contribution in [3.8, 4) is 40.1 Å². The Kier molecular flexibility index (Phi) is 17.0. The summed E-state index contributed by atoms with van der Waals surface area (Å²) in [6.07, 6.45) is -3.68. The Bertz CT molecular complexity index is 2950. The minimum Gasteiger partial charge on any atom is -0.460 e. The number of esters is 8. The molecule has 6 rings (SSSR count). The highest BCUT2D eigenvalue weighted by Crippen LogP contribution is 2.36. The zero-order valence-corrected chi connectivity index (χ0v) is 38.7. The standard InChI is InChI=1S/C51H44O20/c1-27(52)62-36-15-7-33(8-16-36)11-21-45(59)61-26-44-48(66-31(5)56)49(71-46(60)22-12-34-9-17-37(18-10-34)63-28(2)53)50(67-32(6)57)51(70-44)68-39-23-42(65-30(4)55)47-40(58)25-41(69-43(47)24-39)35-13-19-38(20-14-35)64-29(3)54/h7-25,44,48-51H,26H2,1-6H3/b21-11+,22-12+/t44-,48-,49+,50-,51-/m1/s1. The van der Waals surface area contributed by atoms with Crippen molar-refractivity contribution in [3.05, 3.63) is 124 Å². The Morgan fingerprint density at radius 2 is 1.01 bits per heavy atom. The lowest BCUT2D eigenvalue weighted by atomic mass is 9.98. The van der Waals surface area contributed by atoms with Gasteiger partial charge >= 0.3 is 47.8 Å². The molecule has 368 valence electrons. The van der Waals surface area contributed by atoms with Crippen LogP contribution in [0.1, 0.15) is 52.7 Å². The quantitative estimate of drug-likeness (QED) is 0.0474. The van der Waals surface area contributed by atoms with E-state index in [-0.39, 0.29) is 45.5 Å². The SMILES string of the molecule is CC(=O)Oc1ccc(/C=C/C(=O)OC[C@H]2O[C@@H](Oc3cc(OC(C)=O)c4c(=O)cc(-c5ccc(OC(C)=O)cc5)oc4c3)[C@H](OC(C)=O)[C@@H](OC(=O)/C=C/c3ccc(OC(C)=O)cc3)[C@@H]2OC(C)=O)cc1. The number of rotatable bonds is 16. The van der Waals surface area contributed by atoms with Crippen molar-refractivity contribution in [1.82, 2.24) is 0 Å². The van der Waals surface area contributed by atoms with Crippen LogP contribution in [0, 0.1) is 0 Å². The van der Waals surface area contributed by atoms with Crippen LogP contribution >= 0.6 is 0 Å². The van der Waals surface area contributed by atoms with Gasteiger partial charge in [0.15, 0.2) is 17.6 Å². The molecule has 0 aliphatic carbocycles. The largest absolute Gasteiger partial charge is 0.460 e. The summed E-state index contributed by atoms with van der Waals surface area (Å²) in [6, 6.07) is 21.8. The molecule has 0 amide bonds. The molecule has 71 heavy (non-hydrogen) atoms. The molecular weight excluding hydrogens is 933 g/mol. The van der Waals surface area contributed by atoms with Gasteiger partial charge in [-0.05, 0) is 71.8 Å². The maximum atomic E-state index is 13.7. The van der Waals surface area contributed by atoms with Gasteiger partial charge in [0.1, 0.15) is 58.2 Å². The summed E-state index contributed by atoms with van der Waals surface area (Å²) >= 11 is 0. The second-order valence-electron chi connectivity index (χ2n) is 15.3. The monoisotopic (exact) mass is 976 g/mol. The molecule has 2 heterocycles. The van der Waals surface area contributed by atoms with E-state index in [2.05, 4.69) is 0 Å². The van der Waals surface area contributed by atoms with Gasteiger partial charge in [0, 0.05) is 77.5 Å². The summed E-state index contributed by atoms with van der Waals surface area (Å²) in [5.41, 5.74) is 0.552. The van der Waals surface area contributed by atoms with Crippen LogP contribution in [0.3, 0.4) is 0 Å². The van der Waals surface area contributed by atoms with Crippen molar-refractivity contribution in [2.24, 2.45) is 0 Å². The summed E-state index contributed by atoms with van der Waals surface area (Å²) in [5, 5.41) is -0.179. The zero-order chi connectivity index (χ0) is 51.4. The molecule has 0 unspecified atom stereocenters. The third-order valence-electron chi connectivity index (χ3n) is 9.62. The van der Waals surface area contributed by atoms with E-state index in [0.29, 0.717) is 16.7 Å². The second kappa shape index (κ2) is 23.4. The van der Waals surface area contributed by atoms with Gasteiger partial charge < -0.3 is 51.8 Å². The number of hydrogen-bond acceptors (Lipinski definition) is 20. The number of benzene rings is 4. The fraction of sp³-hybridized carbons (Fsp3) is 0.235. The maximum absolute atomic E-state index is 13.7. The number of ether oxygens (including phenoxy) is 10. The Balaban J connectivity index is 1.37. The van der Waals surface area contributed by atoms with Gasteiger partial charge in [0.05, 0.1) is 0 Å². The summed E-state index contributed by atoms with van der Waals surface area (Å²) in [6.45, 7) is 6.19. The molecule has 0 spiro atoms.